The van der Waals surface area contributed by atoms with E-state index in [1.807, 2.05) is 0 Å². The number of carbonyl (C=O) groups is 2. The summed E-state index contributed by atoms with van der Waals surface area (Å²) >= 11 is 0. The van der Waals surface area contributed by atoms with Gasteiger partial charge in [0.1, 0.15) is 0 Å². The maximum atomic E-state index is 10.8. The van der Waals surface area contributed by atoms with Crippen LogP contribution in [0.3, 0.4) is 0 Å². The molecule has 1 aliphatic rings. The van der Waals surface area contributed by atoms with Gasteiger partial charge in [-0.15, -0.1) is 0 Å². The Morgan fingerprint density at radius 2 is 1.89 bits per heavy atom. The van der Waals surface area contributed by atoms with Gasteiger partial charge < -0.3 is 20.8 Å². The SMILES string of the molecule is CC(=O)NCCNCC1(O)CCC(C(=O)O)CC1. The molecular weight excluding hydrogens is 236 g/mol. The molecule has 0 spiro atoms. The summed E-state index contributed by atoms with van der Waals surface area (Å²) in [5.41, 5.74) is -0.803. The van der Waals surface area contributed by atoms with Crippen LogP contribution >= 0.6 is 0 Å². The smallest absolute Gasteiger partial charge is 0.306 e. The lowest BCUT2D eigenvalue weighted by Crippen LogP contribution is -2.45. The Bertz CT molecular complexity index is 298. The van der Waals surface area contributed by atoms with Gasteiger partial charge in [-0.1, -0.05) is 0 Å². The third-order valence-corrected chi connectivity index (χ3v) is 3.40. The first-order valence-electron chi connectivity index (χ1n) is 6.33. The van der Waals surface area contributed by atoms with Gasteiger partial charge in [0.25, 0.3) is 0 Å². The van der Waals surface area contributed by atoms with E-state index < -0.39 is 11.6 Å². The molecule has 0 atom stereocenters. The van der Waals surface area contributed by atoms with Gasteiger partial charge in [0.05, 0.1) is 11.5 Å². The predicted octanol–water partition coefficient (Wildman–Crippen LogP) is -0.282. The summed E-state index contributed by atoms with van der Waals surface area (Å²) in [5, 5.41) is 24.8. The van der Waals surface area contributed by atoms with Crippen molar-refractivity contribution in [2.24, 2.45) is 5.92 Å². The van der Waals surface area contributed by atoms with Gasteiger partial charge in [0.2, 0.25) is 5.91 Å². The standard InChI is InChI=1S/C12H22N2O4/c1-9(15)14-7-6-13-8-12(18)4-2-10(3-5-12)11(16)17/h10,13,18H,2-8H2,1H3,(H,14,15)(H,16,17). The number of hydrogen-bond donors (Lipinski definition) is 4. The summed E-state index contributed by atoms with van der Waals surface area (Å²) in [6.45, 7) is 3.03. The molecule has 0 heterocycles. The highest BCUT2D eigenvalue weighted by Crippen LogP contribution is 2.31. The molecule has 0 saturated heterocycles. The van der Waals surface area contributed by atoms with Crippen molar-refractivity contribution >= 4 is 11.9 Å². The molecule has 104 valence electrons. The van der Waals surface area contributed by atoms with Gasteiger partial charge >= 0.3 is 5.97 Å². The van der Waals surface area contributed by atoms with E-state index in [1.54, 1.807) is 0 Å². The summed E-state index contributed by atoms with van der Waals surface area (Å²) in [7, 11) is 0. The van der Waals surface area contributed by atoms with Crippen LogP contribution in [0.2, 0.25) is 0 Å². The monoisotopic (exact) mass is 258 g/mol. The minimum Gasteiger partial charge on any atom is -0.481 e. The molecule has 0 aromatic rings. The molecule has 18 heavy (non-hydrogen) atoms. The van der Waals surface area contributed by atoms with Crippen LogP contribution in [0, 0.1) is 5.92 Å². The van der Waals surface area contributed by atoms with Crippen molar-refractivity contribution in [3.63, 3.8) is 0 Å². The quantitative estimate of drug-likeness (QED) is 0.491. The zero-order valence-electron chi connectivity index (χ0n) is 10.7. The van der Waals surface area contributed by atoms with Crippen LogP contribution < -0.4 is 10.6 Å². The number of rotatable bonds is 6. The van der Waals surface area contributed by atoms with Gasteiger partial charge in [-0.3, -0.25) is 9.59 Å². The fourth-order valence-electron chi connectivity index (χ4n) is 2.23. The summed E-state index contributed by atoms with van der Waals surface area (Å²) in [6.07, 6.45) is 2.08. The van der Waals surface area contributed by atoms with Gasteiger partial charge in [-0.05, 0) is 25.7 Å². The molecular formula is C12H22N2O4. The average molecular weight is 258 g/mol. The molecule has 0 aromatic carbocycles. The molecule has 0 aromatic heterocycles. The average Bonchev–Trinajstić information content (AvgIpc) is 2.28. The lowest BCUT2D eigenvalue weighted by Gasteiger charge is -2.34. The highest BCUT2D eigenvalue weighted by molar-refractivity contribution is 5.72. The van der Waals surface area contributed by atoms with E-state index in [4.69, 9.17) is 5.11 Å². The summed E-state index contributed by atoms with van der Waals surface area (Å²) in [5.74, 6) is -1.15. The normalized spacial score (nSPS) is 27.8. The van der Waals surface area contributed by atoms with E-state index in [9.17, 15) is 14.7 Å². The molecule has 0 radical (unpaired) electrons. The first-order chi connectivity index (χ1) is 8.43. The minimum atomic E-state index is -0.803. The molecule has 1 rings (SSSR count). The van der Waals surface area contributed by atoms with Crippen molar-refractivity contribution in [3.05, 3.63) is 0 Å². The highest BCUT2D eigenvalue weighted by Gasteiger charge is 2.35. The van der Waals surface area contributed by atoms with Crippen LogP contribution in [0.25, 0.3) is 0 Å². The number of amides is 1. The van der Waals surface area contributed by atoms with Gasteiger partial charge in [-0.2, -0.15) is 0 Å². The Kier molecular flexibility index (Phi) is 5.55. The number of aliphatic hydroxyl groups is 1. The van der Waals surface area contributed by atoms with Crippen LogP contribution in [0.1, 0.15) is 32.6 Å². The lowest BCUT2D eigenvalue weighted by atomic mass is 9.79. The zero-order chi connectivity index (χ0) is 13.6. The Hall–Kier alpha value is -1.14. The van der Waals surface area contributed by atoms with Crippen LogP contribution in [0.5, 0.6) is 0 Å². The molecule has 0 bridgehead atoms. The van der Waals surface area contributed by atoms with E-state index in [1.165, 1.54) is 6.92 Å². The number of hydrogen-bond acceptors (Lipinski definition) is 4. The van der Waals surface area contributed by atoms with E-state index in [0.29, 0.717) is 45.3 Å². The number of carboxylic acid groups (broad SMARTS) is 1. The molecule has 1 amide bonds. The van der Waals surface area contributed by atoms with E-state index >= 15 is 0 Å². The van der Waals surface area contributed by atoms with Crippen molar-refractivity contribution < 1.29 is 19.8 Å². The first kappa shape index (κ1) is 14.9. The molecule has 0 unspecified atom stereocenters. The van der Waals surface area contributed by atoms with Crippen LogP contribution in [0.15, 0.2) is 0 Å². The number of carboxylic acids is 1. The lowest BCUT2D eigenvalue weighted by molar-refractivity contribution is -0.144. The van der Waals surface area contributed by atoms with Crippen molar-refractivity contribution in [2.75, 3.05) is 19.6 Å². The fourth-order valence-corrected chi connectivity index (χ4v) is 2.23. The van der Waals surface area contributed by atoms with E-state index in [2.05, 4.69) is 10.6 Å². The summed E-state index contributed by atoms with van der Waals surface area (Å²) in [6, 6.07) is 0. The van der Waals surface area contributed by atoms with E-state index in [0.717, 1.165) is 0 Å². The van der Waals surface area contributed by atoms with Crippen LogP contribution in [0.4, 0.5) is 0 Å². The molecule has 6 nitrogen and oxygen atoms in total. The Labute approximate surface area is 107 Å². The highest BCUT2D eigenvalue weighted by atomic mass is 16.4. The molecule has 6 heteroatoms. The third-order valence-electron chi connectivity index (χ3n) is 3.40. The summed E-state index contributed by atoms with van der Waals surface area (Å²) in [4.78, 5) is 21.4. The largest absolute Gasteiger partial charge is 0.481 e. The Morgan fingerprint density at radius 3 is 2.39 bits per heavy atom. The molecule has 1 aliphatic carbocycles. The van der Waals surface area contributed by atoms with Gasteiger partial charge in [-0.25, -0.2) is 0 Å². The molecule has 4 N–H and O–H groups in total. The van der Waals surface area contributed by atoms with Crippen molar-refractivity contribution in [3.8, 4) is 0 Å². The molecule has 1 saturated carbocycles. The fraction of sp³-hybridized carbons (Fsp3) is 0.833. The number of nitrogens with one attached hydrogen (secondary N) is 2. The summed E-state index contributed by atoms with van der Waals surface area (Å²) < 4.78 is 0. The van der Waals surface area contributed by atoms with Gasteiger partial charge in [0, 0.05) is 26.6 Å². The zero-order valence-corrected chi connectivity index (χ0v) is 10.7. The molecule has 0 aliphatic heterocycles. The van der Waals surface area contributed by atoms with Crippen LogP contribution in [-0.2, 0) is 9.59 Å². The first-order valence-corrected chi connectivity index (χ1v) is 6.33. The topological polar surface area (TPSA) is 98.7 Å². The van der Waals surface area contributed by atoms with E-state index in [-0.39, 0.29) is 11.8 Å². The van der Waals surface area contributed by atoms with Crippen molar-refractivity contribution in [1.29, 1.82) is 0 Å². The maximum absolute atomic E-state index is 10.8. The third kappa shape index (κ3) is 5.01. The minimum absolute atomic E-state index is 0.0718. The Balaban J connectivity index is 2.18. The van der Waals surface area contributed by atoms with Crippen LogP contribution in [-0.4, -0.2) is 47.3 Å². The maximum Gasteiger partial charge on any atom is 0.306 e. The van der Waals surface area contributed by atoms with Crippen molar-refractivity contribution in [2.45, 2.75) is 38.2 Å². The van der Waals surface area contributed by atoms with Crippen molar-refractivity contribution in [1.82, 2.24) is 10.6 Å². The van der Waals surface area contributed by atoms with Gasteiger partial charge in [0.15, 0.2) is 0 Å². The predicted molar refractivity (Wildman–Crippen MR) is 66.1 cm³/mol. The number of carbonyl (C=O) groups excluding carboxylic acids is 1. The second-order valence-corrected chi connectivity index (χ2v) is 5.00. The number of aliphatic carboxylic acids is 1. The Morgan fingerprint density at radius 1 is 1.28 bits per heavy atom. The molecule has 1 fully saturated rings. The second kappa shape index (κ2) is 6.70. The second-order valence-electron chi connectivity index (χ2n) is 5.00.